The van der Waals surface area contributed by atoms with E-state index in [-0.39, 0.29) is 5.91 Å². The van der Waals surface area contributed by atoms with Crippen LogP contribution < -0.4 is 0 Å². The fourth-order valence-electron chi connectivity index (χ4n) is 3.38. The van der Waals surface area contributed by atoms with E-state index in [1.54, 1.807) is 24.9 Å². The second-order valence-electron chi connectivity index (χ2n) is 7.42. The number of aryl methyl sites for hydroxylation is 1. The molecular formula is C25H27N3O3. The monoisotopic (exact) mass is 417 g/mol. The van der Waals surface area contributed by atoms with E-state index in [1.807, 2.05) is 79.2 Å². The van der Waals surface area contributed by atoms with Crippen molar-refractivity contribution in [1.29, 1.82) is 0 Å². The summed E-state index contributed by atoms with van der Waals surface area (Å²) in [5, 5.41) is 4.56. The number of nitrogens with zero attached hydrogens (tertiary/aromatic N) is 3. The molecule has 0 fully saturated rings. The molecule has 0 spiro atoms. The molecule has 1 heterocycles. The van der Waals surface area contributed by atoms with Crippen molar-refractivity contribution in [2.75, 3.05) is 7.05 Å². The molecule has 3 aromatic rings. The van der Waals surface area contributed by atoms with Gasteiger partial charge < -0.3 is 9.64 Å². The van der Waals surface area contributed by atoms with Crippen LogP contribution in [0.4, 0.5) is 0 Å². The first-order valence-corrected chi connectivity index (χ1v) is 10.2. The predicted octanol–water partition coefficient (Wildman–Crippen LogP) is 4.09. The first-order valence-electron chi connectivity index (χ1n) is 10.2. The Labute approximate surface area is 182 Å². The van der Waals surface area contributed by atoms with Crippen LogP contribution in [-0.4, -0.2) is 39.7 Å². The zero-order valence-electron chi connectivity index (χ0n) is 18.3. The summed E-state index contributed by atoms with van der Waals surface area (Å²) in [5.41, 5.74) is 4.53. The number of rotatable bonds is 7. The van der Waals surface area contributed by atoms with Crippen LogP contribution in [0.5, 0.6) is 0 Å². The topological polar surface area (TPSA) is 64.4 Å². The second-order valence-corrected chi connectivity index (χ2v) is 7.42. The van der Waals surface area contributed by atoms with Gasteiger partial charge in [0.2, 0.25) is 0 Å². The van der Waals surface area contributed by atoms with Gasteiger partial charge in [-0.1, -0.05) is 48.5 Å². The van der Waals surface area contributed by atoms with Crippen molar-refractivity contribution in [1.82, 2.24) is 14.7 Å². The zero-order valence-corrected chi connectivity index (χ0v) is 18.3. The van der Waals surface area contributed by atoms with Gasteiger partial charge in [0.1, 0.15) is 0 Å². The van der Waals surface area contributed by atoms with E-state index in [2.05, 4.69) is 5.10 Å². The molecule has 2 aromatic carbocycles. The standard InChI is InChI=1S/C25H27N3O3/c1-18-23(19(2)28(26-18)22-13-9-6-10-14-22)15-16-24(29)31-20(3)25(30)27(4)17-21-11-7-5-8-12-21/h5-16,20H,17H2,1-4H3/b16-15+/t20-/m1/s1. The number of amides is 1. The molecule has 3 rings (SSSR count). The maximum Gasteiger partial charge on any atom is 0.331 e. The van der Waals surface area contributed by atoms with Gasteiger partial charge in [0.05, 0.1) is 11.4 Å². The largest absolute Gasteiger partial charge is 0.449 e. The molecule has 6 heteroatoms. The smallest absolute Gasteiger partial charge is 0.331 e. The summed E-state index contributed by atoms with van der Waals surface area (Å²) in [6.45, 7) is 5.87. The van der Waals surface area contributed by atoms with Crippen LogP contribution >= 0.6 is 0 Å². The minimum atomic E-state index is -0.875. The van der Waals surface area contributed by atoms with Gasteiger partial charge in [-0.25, -0.2) is 9.48 Å². The van der Waals surface area contributed by atoms with Gasteiger partial charge in [-0.2, -0.15) is 5.10 Å². The number of carbonyl (C=O) groups is 2. The molecule has 0 saturated heterocycles. The van der Waals surface area contributed by atoms with Crippen molar-refractivity contribution in [2.24, 2.45) is 0 Å². The van der Waals surface area contributed by atoms with Crippen LogP contribution in [0.2, 0.25) is 0 Å². The van der Waals surface area contributed by atoms with Crippen molar-refractivity contribution < 1.29 is 14.3 Å². The van der Waals surface area contributed by atoms with Gasteiger partial charge in [0.25, 0.3) is 5.91 Å². The molecule has 0 aliphatic carbocycles. The van der Waals surface area contributed by atoms with Crippen LogP contribution in [0, 0.1) is 13.8 Å². The number of benzene rings is 2. The normalized spacial score (nSPS) is 12.0. The van der Waals surface area contributed by atoms with Crippen molar-refractivity contribution in [3.05, 3.63) is 89.3 Å². The number of esters is 1. The Morgan fingerprint density at radius 2 is 1.68 bits per heavy atom. The highest BCUT2D eigenvalue weighted by molar-refractivity contribution is 5.90. The van der Waals surface area contributed by atoms with Gasteiger partial charge in [0.15, 0.2) is 6.10 Å². The summed E-state index contributed by atoms with van der Waals surface area (Å²) in [7, 11) is 1.69. The molecule has 1 atom stereocenters. The molecule has 6 nitrogen and oxygen atoms in total. The molecule has 0 aliphatic rings. The molecule has 1 aromatic heterocycles. The maximum atomic E-state index is 12.5. The highest BCUT2D eigenvalue weighted by atomic mass is 16.5. The lowest BCUT2D eigenvalue weighted by Crippen LogP contribution is -2.36. The Morgan fingerprint density at radius 3 is 2.32 bits per heavy atom. The number of ether oxygens (including phenoxy) is 1. The van der Waals surface area contributed by atoms with Crippen LogP contribution in [0.25, 0.3) is 11.8 Å². The summed E-state index contributed by atoms with van der Waals surface area (Å²) in [6, 6.07) is 19.5. The fourth-order valence-corrected chi connectivity index (χ4v) is 3.38. The average Bonchev–Trinajstić information content (AvgIpc) is 3.06. The summed E-state index contributed by atoms with van der Waals surface area (Å²) in [6.07, 6.45) is 2.15. The summed E-state index contributed by atoms with van der Waals surface area (Å²) < 4.78 is 7.16. The first-order chi connectivity index (χ1) is 14.9. The Hall–Kier alpha value is -3.67. The maximum absolute atomic E-state index is 12.5. The summed E-state index contributed by atoms with van der Waals surface area (Å²) in [4.78, 5) is 26.4. The predicted molar refractivity (Wildman–Crippen MR) is 121 cm³/mol. The number of para-hydroxylation sites is 1. The third-order valence-electron chi connectivity index (χ3n) is 5.01. The van der Waals surface area contributed by atoms with Crippen molar-refractivity contribution >= 4 is 18.0 Å². The van der Waals surface area contributed by atoms with Gasteiger partial charge in [-0.15, -0.1) is 0 Å². The van der Waals surface area contributed by atoms with Gasteiger partial charge in [-0.05, 0) is 44.5 Å². The highest BCUT2D eigenvalue weighted by Crippen LogP contribution is 2.19. The molecule has 1 amide bonds. The van der Waals surface area contributed by atoms with Crippen LogP contribution in [-0.2, 0) is 20.9 Å². The second kappa shape index (κ2) is 9.89. The first kappa shape index (κ1) is 22.0. The minimum absolute atomic E-state index is 0.255. The molecule has 160 valence electrons. The van der Waals surface area contributed by atoms with Crippen LogP contribution in [0.1, 0.15) is 29.4 Å². The molecule has 31 heavy (non-hydrogen) atoms. The summed E-state index contributed by atoms with van der Waals surface area (Å²) >= 11 is 0. The molecule has 0 aliphatic heterocycles. The van der Waals surface area contributed by atoms with E-state index in [1.165, 1.54) is 6.08 Å². The van der Waals surface area contributed by atoms with Crippen LogP contribution in [0.3, 0.4) is 0 Å². The molecule has 0 saturated carbocycles. The molecule has 0 radical (unpaired) electrons. The van der Waals surface area contributed by atoms with Crippen molar-refractivity contribution in [2.45, 2.75) is 33.4 Å². The Kier molecular flexibility index (Phi) is 7.03. The van der Waals surface area contributed by atoms with E-state index < -0.39 is 12.1 Å². The number of carbonyl (C=O) groups excluding carboxylic acids is 2. The highest BCUT2D eigenvalue weighted by Gasteiger charge is 2.21. The number of hydrogen-bond acceptors (Lipinski definition) is 4. The lowest BCUT2D eigenvalue weighted by atomic mass is 10.2. The Bertz CT molecular complexity index is 1070. The lowest BCUT2D eigenvalue weighted by molar-refractivity contribution is -0.154. The van der Waals surface area contributed by atoms with Crippen molar-refractivity contribution in [3.8, 4) is 5.69 Å². The molecular weight excluding hydrogens is 390 g/mol. The lowest BCUT2D eigenvalue weighted by Gasteiger charge is -2.21. The zero-order chi connectivity index (χ0) is 22.4. The number of likely N-dealkylation sites (N-methyl/N-ethyl adjacent to an activating group) is 1. The third-order valence-corrected chi connectivity index (χ3v) is 5.01. The van der Waals surface area contributed by atoms with E-state index >= 15 is 0 Å². The molecule has 0 unspecified atom stereocenters. The van der Waals surface area contributed by atoms with Crippen molar-refractivity contribution in [3.63, 3.8) is 0 Å². The van der Waals surface area contributed by atoms with Crippen LogP contribution in [0.15, 0.2) is 66.7 Å². The number of hydrogen-bond donors (Lipinski definition) is 0. The third kappa shape index (κ3) is 5.48. The molecule has 0 N–H and O–H groups in total. The van der Waals surface area contributed by atoms with E-state index in [9.17, 15) is 9.59 Å². The SMILES string of the molecule is Cc1nn(-c2ccccc2)c(C)c1/C=C/C(=O)O[C@H](C)C(=O)N(C)Cc1ccccc1. The van der Waals surface area contributed by atoms with E-state index in [4.69, 9.17) is 4.74 Å². The van der Waals surface area contributed by atoms with Gasteiger partial charge >= 0.3 is 5.97 Å². The Balaban J connectivity index is 1.62. The van der Waals surface area contributed by atoms with E-state index in [0.29, 0.717) is 6.54 Å². The fraction of sp³-hybridized carbons (Fsp3) is 0.240. The minimum Gasteiger partial charge on any atom is -0.449 e. The van der Waals surface area contributed by atoms with Gasteiger partial charge in [-0.3, -0.25) is 4.79 Å². The average molecular weight is 418 g/mol. The quantitative estimate of drug-likeness (QED) is 0.429. The van der Waals surface area contributed by atoms with E-state index in [0.717, 1.165) is 28.2 Å². The Morgan fingerprint density at radius 1 is 1.06 bits per heavy atom. The summed E-state index contributed by atoms with van der Waals surface area (Å²) in [5.74, 6) is -0.824. The van der Waals surface area contributed by atoms with Gasteiger partial charge in [0, 0.05) is 30.9 Å². The molecule has 0 bridgehead atoms. The number of aromatic nitrogens is 2.